The highest BCUT2D eigenvalue weighted by molar-refractivity contribution is 5.46. The number of nitrogens with one attached hydrogen (secondary N) is 1. The second-order valence-electron chi connectivity index (χ2n) is 3.02. The van der Waals surface area contributed by atoms with Crippen LogP contribution in [-0.4, -0.2) is 12.5 Å². The Hall–Kier alpha value is -0.530. The molecule has 1 aliphatic rings. The van der Waals surface area contributed by atoms with Crippen LogP contribution in [0.15, 0.2) is 0 Å². The molecule has 1 rings (SSSR count). The number of hydrogen-bond donors (Lipinski definition) is 1. The molecule has 0 heterocycles. The number of carbonyl (C=O) groups is 1. The van der Waals surface area contributed by atoms with E-state index in [1.165, 1.54) is 19.3 Å². The molecule has 0 radical (unpaired) electrons. The number of carbonyl (C=O) groups excluding carboxylic acids is 1. The van der Waals surface area contributed by atoms with Crippen LogP contribution in [0.2, 0.25) is 0 Å². The molecule has 1 fully saturated rings. The summed E-state index contributed by atoms with van der Waals surface area (Å²) in [4.78, 5) is 10.1. The molecule has 0 spiro atoms. The summed E-state index contributed by atoms with van der Waals surface area (Å²) in [7, 11) is 0. The van der Waals surface area contributed by atoms with Crippen LogP contribution in [0.3, 0.4) is 0 Å². The standard InChI is InChI=1S/C8H15NO/c1-2-3-8(9-6-10)7-4-5-7/h6-8H,2-5H2,1H3,(H,9,10). The van der Waals surface area contributed by atoms with E-state index in [4.69, 9.17) is 0 Å². The minimum Gasteiger partial charge on any atom is -0.356 e. The second kappa shape index (κ2) is 3.59. The van der Waals surface area contributed by atoms with E-state index in [1.807, 2.05) is 0 Å². The fourth-order valence-corrected chi connectivity index (χ4v) is 1.35. The van der Waals surface area contributed by atoms with Crippen LogP contribution in [0.1, 0.15) is 32.6 Å². The molecule has 1 N–H and O–H groups in total. The molecule has 0 bridgehead atoms. The molecule has 0 saturated heterocycles. The van der Waals surface area contributed by atoms with Crippen LogP contribution in [0, 0.1) is 5.92 Å². The van der Waals surface area contributed by atoms with Crippen LogP contribution in [0.5, 0.6) is 0 Å². The fraction of sp³-hybridized carbons (Fsp3) is 0.875. The van der Waals surface area contributed by atoms with E-state index in [-0.39, 0.29) is 0 Å². The zero-order chi connectivity index (χ0) is 7.40. The van der Waals surface area contributed by atoms with Gasteiger partial charge in [-0.3, -0.25) is 4.79 Å². The number of amides is 1. The zero-order valence-electron chi connectivity index (χ0n) is 6.47. The Balaban J connectivity index is 2.19. The van der Waals surface area contributed by atoms with Gasteiger partial charge in [-0.2, -0.15) is 0 Å². The quantitative estimate of drug-likeness (QED) is 0.575. The van der Waals surface area contributed by atoms with Crippen molar-refractivity contribution in [3.63, 3.8) is 0 Å². The van der Waals surface area contributed by atoms with Gasteiger partial charge in [0.2, 0.25) is 6.41 Å². The van der Waals surface area contributed by atoms with Gasteiger partial charge >= 0.3 is 0 Å². The molecule has 1 amide bonds. The van der Waals surface area contributed by atoms with E-state index in [2.05, 4.69) is 12.2 Å². The van der Waals surface area contributed by atoms with Crippen molar-refractivity contribution in [2.45, 2.75) is 38.6 Å². The third-order valence-electron chi connectivity index (χ3n) is 2.07. The van der Waals surface area contributed by atoms with Crippen molar-refractivity contribution >= 4 is 6.41 Å². The summed E-state index contributed by atoms with van der Waals surface area (Å²) in [6, 6.07) is 0.475. The normalized spacial score (nSPS) is 20.1. The smallest absolute Gasteiger partial charge is 0.207 e. The fourth-order valence-electron chi connectivity index (χ4n) is 1.35. The summed E-state index contributed by atoms with van der Waals surface area (Å²) in [5, 5.41) is 2.86. The van der Waals surface area contributed by atoms with Crippen LogP contribution >= 0.6 is 0 Å². The second-order valence-corrected chi connectivity index (χ2v) is 3.02. The first kappa shape index (κ1) is 7.58. The van der Waals surface area contributed by atoms with Gasteiger partial charge in [-0.05, 0) is 25.2 Å². The molecule has 0 aromatic rings. The van der Waals surface area contributed by atoms with Crippen molar-refractivity contribution in [2.24, 2.45) is 5.92 Å². The number of hydrogen-bond acceptors (Lipinski definition) is 1. The summed E-state index contributed by atoms with van der Waals surface area (Å²) in [6.07, 6.45) is 5.76. The maximum atomic E-state index is 10.1. The SMILES string of the molecule is CCCC(NC=O)C1CC1. The Morgan fingerprint density at radius 1 is 1.70 bits per heavy atom. The highest BCUT2D eigenvalue weighted by Gasteiger charge is 2.29. The van der Waals surface area contributed by atoms with Crippen LogP contribution < -0.4 is 5.32 Å². The minimum atomic E-state index is 0.475. The van der Waals surface area contributed by atoms with Gasteiger partial charge in [-0.25, -0.2) is 0 Å². The first-order chi connectivity index (χ1) is 4.88. The molecule has 1 saturated carbocycles. The van der Waals surface area contributed by atoms with Crippen LogP contribution in [0.4, 0.5) is 0 Å². The summed E-state index contributed by atoms with van der Waals surface area (Å²) in [6.45, 7) is 2.15. The Labute approximate surface area is 62.0 Å². The Bertz CT molecular complexity index is 110. The molecular formula is C8H15NO. The Kier molecular flexibility index (Phi) is 2.72. The molecule has 58 valence electrons. The van der Waals surface area contributed by atoms with Crippen molar-refractivity contribution < 1.29 is 4.79 Å². The molecule has 1 unspecified atom stereocenters. The van der Waals surface area contributed by atoms with E-state index < -0.39 is 0 Å². The monoisotopic (exact) mass is 141 g/mol. The van der Waals surface area contributed by atoms with Gasteiger partial charge in [-0.1, -0.05) is 13.3 Å². The first-order valence-corrected chi connectivity index (χ1v) is 4.08. The molecule has 0 aliphatic heterocycles. The molecule has 0 aromatic heterocycles. The first-order valence-electron chi connectivity index (χ1n) is 4.08. The molecule has 2 nitrogen and oxygen atoms in total. The van der Waals surface area contributed by atoms with Gasteiger partial charge in [0.25, 0.3) is 0 Å². The predicted octanol–water partition coefficient (Wildman–Crippen LogP) is 1.31. The van der Waals surface area contributed by atoms with Gasteiger partial charge in [0.1, 0.15) is 0 Å². The van der Waals surface area contributed by atoms with E-state index in [0.717, 1.165) is 18.7 Å². The van der Waals surface area contributed by atoms with Crippen molar-refractivity contribution in [1.29, 1.82) is 0 Å². The van der Waals surface area contributed by atoms with Crippen molar-refractivity contribution in [1.82, 2.24) is 5.32 Å². The van der Waals surface area contributed by atoms with E-state index in [9.17, 15) is 4.79 Å². The van der Waals surface area contributed by atoms with Gasteiger partial charge < -0.3 is 5.32 Å². The van der Waals surface area contributed by atoms with Crippen LogP contribution in [0.25, 0.3) is 0 Å². The third-order valence-corrected chi connectivity index (χ3v) is 2.07. The highest BCUT2D eigenvalue weighted by Crippen LogP contribution is 2.34. The number of rotatable bonds is 5. The minimum absolute atomic E-state index is 0.475. The topological polar surface area (TPSA) is 29.1 Å². The van der Waals surface area contributed by atoms with Gasteiger partial charge in [0, 0.05) is 6.04 Å². The summed E-state index contributed by atoms with van der Waals surface area (Å²) >= 11 is 0. The predicted molar refractivity (Wildman–Crippen MR) is 40.6 cm³/mol. The largest absolute Gasteiger partial charge is 0.356 e. The van der Waals surface area contributed by atoms with E-state index in [1.54, 1.807) is 0 Å². The lowest BCUT2D eigenvalue weighted by Gasteiger charge is -2.12. The summed E-state index contributed by atoms with van der Waals surface area (Å²) in [5.74, 6) is 0.796. The molecule has 0 aromatic carbocycles. The molecular weight excluding hydrogens is 126 g/mol. The zero-order valence-corrected chi connectivity index (χ0v) is 6.47. The van der Waals surface area contributed by atoms with E-state index in [0.29, 0.717) is 6.04 Å². The lowest BCUT2D eigenvalue weighted by molar-refractivity contribution is -0.110. The summed E-state index contributed by atoms with van der Waals surface area (Å²) < 4.78 is 0. The Morgan fingerprint density at radius 2 is 2.40 bits per heavy atom. The Morgan fingerprint density at radius 3 is 2.80 bits per heavy atom. The molecule has 10 heavy (non-hydrogen) atoms. The highest BCUT2D eigenvalue weighted by atomic mass is 16.1. The van der Waals surface area contributed by atoms with Crippen LogP contribution in [-0.2, 0) is 4.79 Å². The third kappa shape index (κ3) is 2.01. The summed E-state index contributed by atoms with van der Waals surface area (Å²) in [5.41, 5.74) is 0. The van der Waals surface area contributed by atoms with Crippen molar-refractivity contribution in [3.8, 4) is 0 Å². The average Bonchev–Trinajstić information content (AvgIpc) is 2.69. The van der Waals surface area contributed by atoms with Gasteiger partial charge in [0.15, 0.2) is 0 Å². The lowest BCUT2D eigenvalue weighted by atomic mass is 10.1. The van der Waals surface area contributed by atoms with E-state index >= 15 is 0 Å². The van der Waals surface area contributed by atoms with Crippen molar-refractivity contribution in [2.75, 3.05) is 0 Å². The van der Waals surface area contributed by atoms with Crippen molar-refractivity contribution in [3.05, 3.63) is 0 Å². The maximum absolute atomic E-state index is 10.1. The molecule has 1 aliphatic carbocycles. The maximum Gasteiger partial charge on any atom is 0.207 e. The van der Waals surface area contributed by atoms with Gasteiger partial charge in [0.05, 0.1) is 0 Å². The van der Waals surface area contributed by atoms with Gasteiger partial charge in [-0.15, -0.1) is 0 Å². The molecule has 1 atom stereocenters. The molecule has 2 heteroatoms. The average molecular weight is 141 g/mol. The lowest BCUT2D eigenvalue weighted by Crippen LogP contribution is -2.29.